The molecule has 0 spiro atoms. The molecule has 88 valence electrons. The normalized spacial score (nSPS) is 22.2. The zero-order chi connectivity index (χ0) is 11.5. The van der Waals surface area contributed by atoms with Crippen molar-refractivity contribution in [2.45, 2.75) is 12.5 Å². The third kappa shape index (κ3) is 2.61. The van der Waals surface area contributed by atoms with Crippen LogP contribution >= 0.6 is 0 Å². The van der Waals surface area contributed by atoms with Crippen LogP contribution in [0.2, 0.25) is 0 Å². The molecule has 1 saturated heterocycles. The topological polar surface area (TPSA) is 73.1 Å². The van der Waals surface area contributed by atoms with Gasteiger partial charge >= 0.3 is 0 Å². The lowest BCUT2D eigenvalue weighted by Crippen LogP contribution is -2.44. The van der Waals surface area contributed by atoms with Gasteiger partial charge in [-0.05, 0) is 12.3 Å². The number of ketones is 1. The van der Waals surface area contributed by atoms with Crippen molar-refractivity contribution in [3.05, 3.63) is 5.82 Å². The Morgan fingerprint density at radius 1 is 1.56 bits per heavy atom. The standard InChI is InChI=1S/C9H15N5O2/c1-13-3-4-16-8(6-13)7(15)5-9-10-12-14(2)11-9/h8H,3-6H2,1-2H3. The molecule has 16 heavy (non-hydrogen) atoms. The van der Waals surface area contributed by atoms with Crippen LogP contribution in [0.4, 0.5) is 0 Å². The van der Waals surface area contributed by atoms with E-state index in [4.69, 9.17) is 4.74 Å². The van der Waals surface area contributed by atoms with Gasteiger partial charge in [-0.2, -0.15) is 4.80 Å². The van der Waals surface area contributed by atoms with Crippen molar-refractivity contribution in [3.8, 4) is 0 Å². The van der Waals surface area contributed by atoms with Gasteiger partial charge in [0.1, 0.15) is 6.10 Å². The molecular weight excluding hydrogens is 210 g/mol. The van der Waals surface area contributed by atoms with E-state index < -0.39 is 0 Å². The van der Waals surface area contributed by atoms with E-state index in [1.807, 2.05) is 7.05 Å². The molecule has 0 N–H and O–H groups in total. The number of morpholine rings is 1. The maximum Gasteiger partial charge on any atom is 0.182 e. The van der Waals surface area contributed by atoms with Crippen LogP contribution in [0.15, 0.2) is 0 Å². The highest BCUT2D eigenvalue weighted by Crippen LogP contribution is 2.06. The van der Waals surface area contributed by atoms with Crippen molar-refractivity contribution in [1.82, 2.24) is 25.1 Å². The number of carbonyl (C=O) groups excluding carboxylic acids is 1. The number of aromatic nitrogens is 4. The Kier molecular flexibility index (Phi) is 3.25. The van der Waals surface area contributed by atoms with E-state index in [2.05, 4.69) is 20.3 Å². The van der Waals surface area contributed by atoms with E-state index in [0.29, 0.717) is 19.0 Å². The molecule has 0 bridgehead atoms. The summed E-state index contributed by atoms with van der Waals surface area (Å²) in [7, 11) is 3.65. The highest BCUT2D eigenvalue weighted by molar-refractivity contribution is 5.84. The maximum atomic E-state index is 11.9. The third-order valence-electron chi connectivity index (χ3n) is 2.51. The lowest BCUT2D eigenvalue weighted by atomic mass is 10.1. The molecule has 0 aromatic carbocycles. The number of hydrogen-bond acceptors (Lipinski definition) is 6. The maximum absolute atomic E-state index is 11.9. The summed E-state index contributed by atoms with van der Waals surface area (Å²) in [6.07, 6.45) is -0.172. The van der Waals surface area contributed by atoms with Gasteiger partial charge in [0.05, 0.1) is 20.1 Å². The number of aryl methyl sites for hydroxylation is 1. The van der Waals surface area contributed by atoms with E-state index in [1.165, 1.54) is 4.80 Å². The van der Waals surface area contributed by atoms with Crippen molar-refractivity contribution < 1.29 is 9.53 Å². The van der Waals surface area contributed by atoms with Crippen LogP contribution in [0, 0.1) is 0 Å². The monoisotopic (exact) mass is 225 g/mol. The van der Waals surface area contributed by atoms with Crippen LogP contribution in [-0.4, -0.2) is 63.7 Å². The van der Waals surface area contributed by atoms with Gasteiger partial charge < -0.3 is 9.64 Å². The summed E-state index contributed by atoms with van der Waals surface area (Å²) in [5.74, 6) is 0.462. The minimum Gasteiger partial charge on any atom is -0.368 e. The van der Waals surface area contributed by atoms with Gasteiger partial charge in [-0.1, -0.05) is 0 Å². The van der Waals surface area contributed by atoms with E-state index in [-0.39, 0.29) is 18.3 Å². The predicted octanol–water partition coefficient (Wildman–Crippen LogP) is -1.35. The van der Waals surface area contributed by atoms with E-state index in [1.54, 1.807) is 7.05 Å². The fourth-order valence-electron chi connectivity index (χ4n) is 1.64. The van der Waals surface area contributed by atoms with E-state index in [0.717, 1.165) is 6.54 Å². The van der Waals surface area contributed by atoms with E-state index in [9.17, 15) is 4.79 Å². The summed E-state index contributed by atoms with van der Waals surface area (Å²) < 4.78 is 5.42. The van der Waals surface area contributed by atoms with Crippen LogP contribution in [0.5, 0.6) is 0 Å². The number of hydrogen-bond donors (Lipinski definition) is 0. The molecule has 2 rings (SSSR count). The average Bonchev–Trinajstić information content (AvgIpc) is 2.64. The van der Waals surface area contributed by atoms with Gasteiger partial charge in [-0.15, -0.1) is 10.2 Å². The Bertz CT molecular complexity index is 378. The predicted molar refractivity (Wildman–Crippen MR) is 54.7 cm³/mol. The molecular formula is C9H15N5O2. The summed E-state index contributed by atoms with van der Waals surface area (Å²) in [4.78, 5) is 15.3. The summed E-state index contributed by atoms with van der Waals surface area (Å²) in [6, 6.07) is 0. The lowest BCUT2D eigenvalue weighted by molar-refractivity contribution is -0.134. The molecule has 0 radical (unpaired) electrons. The lowest BCUT2D eigenvalue weighted by Gasteiger charge is -2.28. The van der Waals surface area contributed by atoms with Gasteiger partial charge in [0.15, 0.2) is 11.6 Å². The van der Waals surface area contributed by atoms with Crippen molar-refractivity contribution in [3.63, 3.8) is 0 Å². The number of tetrazole rings is 1. The number of Topliss-reactive ketones (excluding diaryl/α,β-unsaturated/α-hetero) is 1. The van der Waals surface area contributed by atoms with Crippen molar-refractivity contribution >= 4 is 5.78 Å². The molecule has 1 unspecified atom stereocenters. The molecule has 1 aromatic rings. The second-order valence-corrected chi connectivity index (χ2v) is 3.96. The average molecular weight is 225 g/mol. The van der Waals surface area contributed by atoms with Gasteiger partial charge in [-0.25, -0.2) is 0 Å². The summed E-state index contributed by atoms with van der Waals surface area (Å²) >= 11 is 0. The van der Waals surface area contributed by atoms with Crippen molar-refractivity contribution in [2.24, 2.45) is 7.05 Å². The second-order valence-electron chi connectivity index (χ2n) is 3.96. The highest BCUT2D eigenvalue weighted by atomic mass is 16.5. The molecule has 7 heteroatoms. The smallest absolute Gasteiger partial charge is 0.182 e. The Balaban J connectivity index is 1.92. The van der Waals surface area contributed by atoms with Gasteiger partial charge in [-0.3, -0.25) is 4.79 Å². The Morgan fingerprint density at radius 3 is 3.00 bits per heavy atom. The van der Waals surface area contributed by atoms with Crippen molar-refractivity contribution in [2.75, 3.05) is 26.7 Å². The number of rotatable bonds is 3. The Morgan fingerprint density at radius 2 is 2.38 bits per heavy atom. The number of likely N-dealkylation sites (N-methyl/N-ethyl adjacent to an activating group) is 1. The Hall–Kier alpha value is -1.34. The summed E-state index contributed by atoms with van der Waals surface area (Å²) in [6.45, 7) is 2.10. The fraction of sp³-hybridized carbons (Fsp3) is 0.778. The molecule has 0 aliphatic carbocycles. The van der Waals surface area contributed by atoms with Gasteiger partial charge in [0.25, 0.3) is 0 Å². The molecule has 1 aliphatic heterocycles. The number of ether oxygens (including phenoxy) is 1. The Labute approximate surface area is 93.4 Å². The second kappa shape index (κ2) is 4.67. The minimum atomic E-state index is -0.359. The quantitative estimate of drug-likeness (QED) is 0.633. The van der Waals surface area contributed by atoms with Crippen LogP contribution < -0.4 is 0 Å². The fourth-order valence-corrected chi connectivity index (χ4v) is 1.64. The molecule has 0 amide bonds. The van der Waals surface area contributed by atoms with Crippen LogP contribution in [-0.2, 0) is 23.0 Å². The molecule has 0 saturated carbocycles. The first kappa shape index (κ1) is 11.2. The number of carbonyl (C=O) groups is 1. The zero-order valence-corrected chi connectivity index (χ0v) is 9.46. The molecule has 1 aromatic heterocycles. The molecule has 1 fully saturated rings. The zero-order valence-electron chi connectivity index (χ0n) is 9.46. The first-order valence-electron chi connectivity index (χ1n) is 5.21. The van der Waals surface area contributed by atoms with Crippen molar-refractivity contribution in [1.29, 1.82) is 0 Å². The molecule has 2 heterocycles. The third-order valence-corrected chi connectivity index (χ3v) is 2.51. The van der Waals surface area contributed by atoms with Crippen LogP contribution in [0.1, 0.15) is 5.82 Å². The highest BCUT2D eigenvalue weighted by Gasteiger charge is 2.25. The minimum absolute atomic E-state index is 0.0135. The summed E-state index contributed by atoms with van der Waals surface area (Å²) in [5.41, 5.74) is 0. The van der Waals surface area contributed by atoms with E-state index >= 15 is 0 Å². The number of nitrogens with zero attached hydrogens (tertiary/aromatic N) is 5. The van der Waals surface area contributed by atoms with Gasteiger partial charge in [0.2, 0.25) is 0 Å². The summed E-state index contributed by atoms with van der Waals surface area (Å²) in [5, 5.41) is 11.4. The van der Waals surface area contributed by atoms with Crippen LogP contribution in [0.25, 0.3) is 0 Å². The van der Waals surface area contributed by atoms with Crippen LogP contribution in [0.3, 0.4) is 0 Å². The molecule has 1 atom stereocenters. The molecule has 7 nitrogen and oxygen atoms in total. The molecule has 1 aliphatic rings. The van der Waals surface area contributed by atoms with Gasteiger partial charge in [0, 0.05) is 13.1 Å². The SMILES string of the molecule is CN1CCOC(C(=O)Cc2nnn(C)n2)C1. The first-order chi connectivity index (χ1) is 7.65. The largest absolute Gasteiger partial charge is 0.368 e. The first-order valence-corrected chi connectivity index (χ1v) is 5.21.